The van der Waals surface area contributed by atoms with Crippen molar-refractivity contribution in [2.75, 3.05) is 12.4 Å². The Kier molecular flexibility index (Phi) is 9.38. The maximum absolute atomic E-state index is 12.3. The molecule has 2 amide bonds. The molecule has 1 aromatic heterocycles. The SMILES string of the molecule is CNC(=O)C(=N)/C(=C\C(N)=NC(=O)C1CC1)Nc1cccc(C2=CNC(C(=C=O)NCc3cccn(C)c3=O)=CN2)c1C. The van der Waals surface area contributed by atoms with E-state index < -0.39 is 5.91 Å². The highest BCUT2D eigenvalue weighted by Gasteiger charge is 2.29. The van der Waals surface area contributed by atoms with Gasteiger partial charge in [0.25, 0.3) is 17.4 Å². The van der Waals surface area contributed by atoms with E-state index in [0.29, 0.717) is 22.6 Å². The number of aryl methyl sites for hydroxylation is 1. The molecule has 13 nitrogen and oxygen atoms in total. The molecule has 0 radical (unpaired) electrons. The summed E-state index contributed by atoms with van der Waals surface area (Å²) in [7, 11) is 3.06. The highest BCUT2D eigenvalue weighted by atomic mass is 16.2. The first kappa shape index (κ1) is 30.3. The fourth-order valence-corrected chi connectivity index (χ4v) is 4.20. The van der Waals surface area contributed by atoms with Gasteiger partial charge in [-0.05, 0) is 37.5 Å². The summed E-state index contributed by atoms with van der Waals surface area (Å²) in [5.74, 6) is 0.677. The summed E-state index contributed by atoms with van der Waals surface area (Å²) in [6, 6.07) is 8.88. The second-order valence-corrected chi connectivity index (χ2v) is 9.95. The number of nitrogens with two attached hydrogens (primary N) is 1. The molecule has 0 bridgehead atoms. The first-order valence-electron chi connectivity index (χ1n) is 13.5. The van der Waals surface area contributed by atoms with Crippen LogP contribution in [0.25, 0.3) is 5.70 Å². The average Bonchev–Trinajstić information content (AvgIpc) is 3.86. The van der Waals surface area contributed by atoms with Crippen molar-refractivity contribution in [2.24, 2.45) is 23.7 Å². The van der Waals surface area contributed by atoms with E-state index in [1.54, 1.807) is 49.9 Å². The summed E-state index contributed by atoms with van der Waals surface area (Å²) in [4.78, 5) is 52.2. The Morgan fingerprint density at radius 1 is 1.21 bits per heavy atom. The molecule has 0 saturated heterocycles. The predicted octanol–water partition coefficient (Wildman–Crippen LogP) is 0.887. The van der Waals surface area contributed by atoms with Crippen LogP contribution in [0, 0.1) is 18.3 Å². The molecule has 4 rings (SSSR count). The number of benzene rings is 1. The summed E-state index contributed by atoms with van der Waals surface area (Å²) in [5.41, 5.74) is 9.36. The van der Waals surface area contributed by atoms with Crippen LogP contribution in [0.2, 0.25) is 0 Å². The Morgan fingerprint density at radius 3 is 2.63 bits per heavy atom. The fourth-order valence-electron chi connectivity index (χ4n) is 4.20. The normalized spacial score (nSPS) is 14.7. The van der Waals surface area contributed by atoms with Gasteiger partial charge < -0.3 is 36.9 Å². The monoisotopic (exact) mass is 583 g/mol. The number of anilines is 1. The zero-order valence-corrected chi connectivity index (χ0v) is 24.0. The van der Waals surface area contributed by atoms with Crippen molar-refractivity contribution in [2.45, 2.75) is 26.3 Å². The topological polar surface area (TPSA) is 196 Å². The molecule has 0 unspecified atom stereocenters. The number of hydrogen-bond donors (Lipinski definition) is 7. The van der Waals surface area contributed by atoms with Crippen LogP contribution in [0.4, 0.5) is 5.69 Å². The van der Waals surface area contributed by atoms with E-state index in [1.807, 2.05) is 18.9 Å². The smallest absolute Gasteiger partial charge is 0.271 e. The van der Waals surface area contributed by atoms with Gasteiger partial charge in [0, 0.05) is 68.0 Å². The quantitative estimate of drug-likeness (QED) is 0.114. The molecule has 13 heteroatoms. The van der Waals surface area contributed by atoms with Crippen LogP contribution >= 0.6 is 0 Å². The van der Waals surface area contributed by atoms with Gasteiger partial charge in [-0.1, -0.05) is 18.2 Å². The minimum atomic E-state index is -0.646. The molecule has 1 aromatic carbocycles. The summed E-state index contributed by atoms with van der Waals surface area (Å²) in [6.45, 7) is 2.00. The van der Waals surface area contributed by atoms with E-state index in [0.717, 1.165) is 24.0 Å². The van der Waals surface area contributed by atoms with Crippen LogP contribution in [-0.4, -0.2) is 40.9 Å². The summed E-state index contributed by atoms with van der Waals surface area (Å²) in [5, 5.41) is 23.0. The number of carbonyl (C=O) groups excluding carboxylic acids is 3. The number of aliphatic imine (C=N–C) groups is 1. The number of pyridine rings is 1. The van der Waals surface area contributed by atoms with Gasteiger partial charge in [-0.15, -0.1) is 0 Å². The van der Waals surface area contributed by atoms with Crippen molar-refractivity contribution in [3.63, 3.8) is 0 Å². The number of aromatic nitrogens is 1. The molecule has 1 aliphatic carbocycles. The molecule has 8 N–H and O–H groups in total. The third-order valence-corrected chi connectivity index (χ3v) is 6.85. The highest BCUT2D eigenvalue weighted by molar-refractivity contribution is 6.45. The van der Waals surface area contributed by atoms with Crippen LogP contribution < -0.4 is 37.9 Å². The third kappa shape index (κ3) is 7.34. The number of hydrogen-bond acceptors (Lipinski definition) is 9. The van der Waals surface area contributed by atoms with Gasteiger partial charge in [-0.25, -0.2) is 4.79 Å². The van der Waals surface area contributed by atoms with Gasteiger partial charge in [-0.2, -0.15) is 4.99 Å². The summed E-state index contributed by atoms with van der Waals surface area (Å²) in [6.07, 6.45) is 7.78. The predicted molar refractivity (Wildman–Crippen MR) is 164 cm³/mol. The molecule has 2 heterocycles. The molecular formula is C30H33N9O4. The third-order valence-electron chi connectivity index (χ3n) is 6.85. The van der Waals surface area contributed by atoms with E-state index in [-0.39, 0.29) is 46.9 Å². The van der Waals surface area contributed by atoms with Crippen LogP contribution in [0.3, 0.4) is 0 Å². The Balaban J connectivity index is 1.51. The van der Waals surface area contributed by atoms with Gasteiger partial charge in [-0.3, -0.25) is 19.8 Å². The lowest BCUT2D eigenvalue weighted by Crippen LogP contribution is -2.31. The Hall–Kier alpha value is -5.68. The van der Waals surface area contributed by atoms with Crippen LogP contribution in [0.5, 0.6) is 0 Å². The van der Waals surface area contributed by atoms with Crippen molar-refractivity contribution in [1.82, 2.24) is 25.8 Å². The molecule has 1 aliphatic heterocycles. The van der Waals surface area contributed by atoms with Gasteiger partial charge in [0.05, 0.1) is 17.1 Å². The molecule has 1 fully saturated rings. The Labute approximate surface area is 247 Å². The molecule has 0 spiro atoms. The average molecular weight is 584 g/mol. The molecule has 0 atom stereocenters. The zero-order valence-electron chi connectivity index (χ0n) is 24.0. The fraction of sp³-hybridized carbons (Fsp3) is 0.233. The zero-order chi connectivity index (χ0) is 31.1. The number of nitrogens with one attached hydrogen (secondary N) is 6. The molecular weight excluding hydrogens is 550 g/mol. The van der Waals surface area contributed by atoms with E-state index in [1.165, 1.54) is 17.7 Å². The second kappa shape index (κ2) is 13.3. The van der Waals surface area contributed by atoms with Crippen molar-refractivity contribution in [1.29, 1.82) is 5.41 Å². The van der Waals surface area contributed by atoms with Crippen LogP contribution in [-0.2, 0) is 28.0 Å². The van der Waals surface area contributed by atoms with Crippen molar-refractivity contribution in [3.05, 3.63) is 99.1 Å². The lowest BCUT2D eigenvalue weighted by Gasteiger charge is -2.21. The second-order valence-electron chi connectivity index (χ2n) is 9.95. The first-order valence-corrected chi connectivity index (χ1v) is 13.5. The number of amides is 2. The lowest BCUT2D eigenvalue weighted by atomic mass is 10.0. The highest BCUT2D eigenvalue weighted by Crippen LogP contribution is 2.30. The van der Waals surface area contributed by atoms with Gasteiger partial charge >= 0.3 is 0 Å². The van der Waals surface area contributed by atoms with E-state index in [2.05, 4.69) is 31.6 Å². The summed E-state index contributed by atoms with van der Waals surface area (Å²) >= 11 is 0. The van der Waals surface area contributed by atoms with Gasteiger partial charge in [0.2, 0.25) is 0 Å². The Bertz CT molecular complexity index is 1700. The van der Waals surface area contributed by atoms with E-state index >= 15 is 0 Å². The Morgan fingerprint density at radius 2 is 1.98 bits per heavy atom. The number of carbonyl (C=O) groups is 2. The van der Waals surface area contributed by atoms with Gasteiger partial charge in [0.1, 0.15) is 17.2 Å². The first-order chi connectivity index (χ1) is 20.6. The lowest BCUT2D eigenvalue weighted by molar-refractivity contribution is -0.119. The maximum Gasteiger partial charge on any atom is 0.271 e. The minimum absolute atomic E-state index is 0.0652. The van der Waals surface area contributed by atoms with Crippen LogP contribution in [0.1, 0.15) is 29.5 Å². The maximum atomic E-state index is 12.3. The molecule has 2 aliphatic rings. The molecule has 2 aromatic rings. The van der Waals surface area contributed by atoms with Gasteiger partial charge in [0.15, 0.2) is 5.94 Å². The number of rotatable bonds is 11. The largest absolute Gasteiger partial charge is 0.384 e. The molecule has 43 heavy (non-hydrogen) atoms. The number of nitrogens with zero attached hydrogens (tertiary/aromatic N) is 2. The van der Waals surface area contributed by atoms with Crippen molar-refractivity contribution < 1.29 is 14.4 Å². The van der Waals surface area contributed by atoms with E-state index in [9.17, 15) is 19.2 Å². The standard InChI is InChI=1S/C30H33N9O4/c1-17-20(23-14-36-24(15-35-23)25(16-40)34-13-19-6-5-11-39(3)30(19)43)7-4-8-21(17)37-22(27(32)29(42)33-2)12-26(31)38-28(41)18-9-10-18/h4-8,11-12,14-15,18,32,34-37H,9-10,13H2,1-3H3,(H,33,42)(H2,31,38,41)/b22-12+,32-27?. The van der Waals surface area contributed by atoms with Crippen molar-refractivity contribution in [3.8, 4) is 0 Å². The van der Waals surface area contributed by atoms with Crippen molar-refractivity contribution >= 4 is 40.7 Å². The van der Waals surface area contributed by atoms with E-state index in [4.69, 9.17) is 11.1 Å². The minimum Gasteiger partial charge on any atom is -0.384 e. The number of amidine groups is 1. The van der Waals surface area contributed by atoms with Crippen LogP contribution in [0.15, 0.2) is 81.9 Å². The molecule has 1 saturated carbocycles. The summed E-state index contributed by atoms with van der Waals surface area (Å²) < 4.78 is 1.46. The molecule has 222 valence electrons.